The molecule has 30 heavy (non-hydrogen) atoms. The van der Waals surface area contributed by atoms with E-state index in [9.17, 15) is 0 Å². The maximum atomic E-state index is 6.13. The molecule has 3 nitrogen and oxygen atoms in total. The smallest absolute Gasteiger partial charge is 0.119 e. The summed E-state index contributed by atoms with van der Waals surface area (Å²) in [5.74, 6) is 0.855. The van der Waals surface area contributed by atoms with Crippen LogP contribution in [0.4, 0.5) is 5.69 Å². The molecule has 1 aliphatic heterocycles. The summed E-state index contributed by atoms with van der Waals surface area (Å²) < 4.78 is 5.91. The minimum atomic E-state index is 0.565. The molecule has 154 valence electrons. The predicted octanol–water partition coefficient (Wildman–Crippen LogP) is 5.73. The molecule has 4 rings (SSSR count). The van der Waals surface area contributed by atoms with Gasteiger partial charge in [0.25, 0.3) is 0 Å². The highest BCUT2D eigenvalue weighted by Gasteiger charge is 2.20. The van der Waals surface area contributed by atoms with Crippen molar-refractivity contribution in [2.75, 3.05) is 31.1 Å². The molecule has 3 aromatic carbocycles. The van der Waals surface area contributed by atoms with Crippen molar-refractivity contribution in [1.29, 1.82) is 0 Å². The molecule has 3 aromatic rings. The third kappa shape index (κ3) is 5.13. The number of thiocarbonyl (C=S) groups is 1. The molecule has 0 amide bonds. The van der Waals surface area contributed by atoms with Crippen molar-refractivity contribution < 1.29 is 4.74 Å². The third-order valence-electron chi connectivity index (χ3n) is 5.37. The number of halogens is 1. The lowest BCUT2D eigenvalue weighted by Gasteiger charge is -2.37. The molecule has 0 aliphatic carbocycles. The van der Waals surface area contributed by atoms with Crippen LogP contribution in [-0.2, 0) is 6.61 Å². The quantitative estimate of drug-likeness (QED) is 0.475. The first kappa shape index (κ1) is 20.7. The molecular formula is C25H25ClN2OS. The van der Waals surface area contributed by atoms with Crippen LogP contribution in [0.15, 0.2) is 72.8 Å². The van der Waals surface area contributed by atoms with Gasteiger partial charge in [-0.1, -0.05) is 59.7 Å². The summed E-state index contributed by atoms with van der Waals surface area (Å²) in [5, 5.41) is 0.773. The lowest BCUT2D eigenvalue weighted by atomic mass is 10.1. The molecular weight excluding hydrogens is 412 g/mol. The molecule has 0 spiro atoms. The van der Waals surface area contributed by atoms with Crippen LogP contribution in [0.5, 0.6) is 5.75 Å². The number of ether oxygens (including phenoxy) is 1. The average Bonchev–Trinajstić information content (AvgIpc) is 2.79. The summed E-state index contributed by atoms with van der Waals surface area (Å²) in [7, 11) is 0. The second kappa shape index (κ2) is 9.50. The fourth-order valence-electron chi connectivity index (χ4n) is 3.57. The Hall–Kier alpha value is -2.56. The fraction of sp³-hybridized carbons (Fsp3) is 0.240. The van der Waals surface area contributed by atoms with Crippen molar-refractivity contribution in [1.82, 2.24) is 4.90 Å². The zero-order valence-electron chi connectivity index (χ0n) is 17.1. The number of hydrogen-bond acceptors (Lipinski definition) is 3. The summed E-state index contributed by atoms with van der Waals surface area (Å²) in [6.45, 7) is 6.31. The Morgan fingerprint density at radius 1 is 0.933 bits per heavy atom. The first-order valence-electron chi connectivity index (χ1n) is 10.2. The fourth-order valence-corrected chi connectivity index (χ4v) is 4.07. The van der Waals surface area contributed by atoms with E-state index in [-0.39, 0.29) is 0 Å². The summed E-state index contributed by atoms with van der Waals surface area (Å²) in [6, 6.07) is 24.5. The van der Waals surface area contributed by atoms with Crippen molar-refractivity contribution in [3.05, 3.63) is 94.5 Å². The van der Waals surface area contributed by atoms with E-state index in [4.69, 9.17) is 28.6 Å². The van der Waals surface area contributed by atoms with Gasteiger partial charge in [-0.25, -0.2) is 0 Å². The lowest BCUT2D eigenvalue weighted by Crippen LogP contribution is -2.48. The van der Waals surface area contributed by atoms with E-state index in [1.54, 1.807) is 0 Å². The maximum Gasteiger partial charge on any atom is 0.119 e. The van der Waals surface area contributed by atoms with E-state index in [2.05, 4.69) is 59.2 Å². The Morgan fingerprint density at radius 2 is 1.63 bits per heavy atom. The van der Waals surface area contributed by atoms with Gasteiger partial charge in [-0.2, -0.15) is 0 Å². The molecule has 1 saturated heterocycles. The van der Waals surface area contributed by atoms with Gasteiger partial charge in [-0.15, -0.1) is 0 Å². The topological polar surface area (TPSA) is 15.7 Å². The Balaban J connectivity index is 1.31. The van der Waals surface area contributed by atoms with Crippen LogP contribution in [0, 0.1) is 6.92 Å². The van der Waals surface area contributed by atoms with Crippen LogP contribution in [0.2, 0.25) is 5.02 Å². The van der Waals surface area contributed by atoms with Crippen LogP contribution >= 0.6 is 23.8 Å². The second-order valence-corrected chi connectivity index (χ2v) is 8.38. The van der Waals surface area contributed by atoms with Crippen molar-refractivity contribution in [2.45, 2.75) is 13.5 Å². The number of aryl methyl sites for hydroxylation is 1. The predicted molar refractivity (Wildman–Crippen MR) is 129 cm³/mol. The number of piperazine rings is 1. The molecule has 0 N–H and O–H groups in total. The summed E-state index contributed by atoms with van der Waals surface area (Å²) >= 11 is 11.9. The Morgan fingerprint density at radius 3 is 2.30 bits per heavy atom. The molecule has 1 fully saturated rings. The Labute approximate surface area is 188 Å². The van der Waals surface area contributed by atoms with Crippen LogP contribution in [-0.4, -0.2) is 36.1 Å². The van der Waals surface area contributed by atoms with Gasteiger partial charge in [0.2, 0.25) is 0 Å². The van der Waals surface area contributed by atoms with Crippen LogP contribution in [0.25, 0.3) is 0 Å². The Kier molecular flexibility index (Phi) is 6.56. The molecule has 5 heteroatoms. The highest BCUT2D eigenvalue weighted by molar-refractivity contribution is 7.80. The Bertz CT molecular complexity index is 996. The molecule has 0 atom stereocenters. The minimum absolute atomic E-state index is 0.565. The van der Waals surface area contributed by atoms with E-state index in [1.807, 2.05) is 30.3 Å². The monoisotopic (exact) mass is 436 g/mol. The standard InChI is InChI=1S/C25H25ClN2OS/c1-19-5-7-20(8-6-19)18-29-24-11-9-21(10-12-24)25(30)28-15-13-27(14-16-28)23-4-2-3-22(26)17-23/h2-12,17H,13-16,18H2,1H3. The van der Waals surface area contributed by atoms with Gasteiger partial charge < -0.3 is 14.5 Å². The number of rotatable bonds is 5. The SMILES string of the molecule is Cc1ccc(COc2ccc(C(=S)N3CCN(c4cccc(Cl)c4)CC3)cc2)cc1. The maximum absolute atomic E-state index is 6.13. The van der Waals surface area contributed by atoms with Gasteiger partial charge in [0.15, 0.2) is 0 Å². The molecule has 0 unspecified atom stereocenters. The summed E-state index contributed by atoms with van der Waals surface area (Å²) in [4.78, 5) is 5.52. The number of nitrogens with zero attached hydrogens (tertiary/aromatic N) is 2. The molecule has 0 aromatic heterocycles. The molecule has 1 aliphatic rings. The number of anilines is 1. The molecule has 1 heterocycles. The number of benzene rings is 3. The number of hydrogen-bond donors (Lipinski definition) is 0. The second-order valence-electron chi connectivity index (χ2n) is 7.56. The zero-order chi connectivity index (χ0) is 20.9. The van der Waals surface area contributed by atoms with E-state index in [1.165, 1.54) is 11.3 Å². The van der Waals surface area contributed by atoms with Crippen molar-refractivity contribution in [2.24, 2.45) is 0 Å². The molecule has 0 bridgehead atoms. The molecule has 0 radical (unpaired) electrons. The first-order chi connectivity index (χ1) is 14.6. The summed E-state index contributed by atoms with van der Waals surface area (Å²) in [5.41, 5.74) is 4.65. The highest BCUT2D eigenvalue weighted by atomic mass is 35.5. The van der Waals surface area contributed by atoms with Crippen LogP contribution < -0.4 is 9.64 Å². The van der Waals surface area contributed by atoms with Gasteiger partial charge in [0.1, 0.15) is 17.3 Å². The van der Waals surface area contributed by atoms with Gasteiger partial charge in [0.05, 0.1) is 0 Å². The van der Waals surface area contributed by atoms with Gasteiger partial charge in [-0.3, -0.25) is 0 Å². The van der Waals surface area contributed by atoms with Gasteiger partial charge >= 0.3 is 0 Å². The van der Waals surface area contributed by atoms with Gasteiger partial charge in [-0.05, 0) is 55.0 Å². The lowest BCUT2D eigenvalue weighted by molar-refractivity contribution is 0.306. The van der Waals surface area contributed by atoms with Crippen LogP contribution in [0.3, 0.4) is 0 Å². The van der Waals surface area contributed by atoms with Crippen molar-refractivity contribution in [3.8, 4) is 5.75 Å². The van der Waals surface area contributed by atoms with E-state index in [0.717, 1.165) is 53.1 Å². The first-order valence-corrected chi connectivity index (χ1v) is 11.0. The summed E-state index contributed by atoms with van der Waals surface area (Å²) in [6.07, 6.45) is 0. The largest absolute Gasteiger partial charge is 0.489 e. The van der Waals surface area contributed by atoms with E-state index >= 15 is 0 Å². The average molecular weight is 437 g/mol. The van der Waals surface area contributed by atoms with E-state index in [0.29, 0.717) is 6.61 Å². The van der Waals surface area contributed by atoms with Crippen molar-refractivity contribution >= 4 is 34.5 Å². The van der Waals surface area contributed by atoms with Gasteiger partial charge in [0, 0.05) is 42.5 Å². The zero-order valence-corrected chi connectivity index (χ0v) is 18.6. The minimum Gasteiger partial charge on any atom is -0.489 e. The molecule has 0 saturated carbocycles. The van der Waals surface area contributed by atoms with Crippen molar-refractivity contribution in [3.63, 3.8) is 0 Å². The van der Waals surface area contributed by atoms with E-state index < -0.39 is 0 Å². The normalized spacial score (nSPS) is 13.9. The third-order valence-corrected chi connectivity index (χ3v) is 6.10. The highest BCUT2D eigenvalue weighted by Crippen LogP contribution is 2.22. The van der Waals surface area contributed by atoms with Crippen LogP contribution in [0.1, 0.15) is 16.7 Å².